The number of nitrogens with zero attached hydrogens (tertiary/aromatic N) is 1. The lowest BCUT2D eigenvalue weighted by Gasteiger charge is -2.04. The summed E-state index contributed by atoms with van der Waals surface area (Å²) in [6, 6.07) is 4.74. The van der Waals surface area contributed by atoms with Gasteiger partial charge in [-0.1, -0.05) is 0 Å². The third kappa shape index (κ3) is 4.17. The second kappa shape index (κ2) is 4.89. The van der Waals surface area contributed by atoms with E-state index in [0.717, 1.165) is 18.4 Å². The maximum absolute atomic E-state index is 11.4. The molecule has 1 aromatic rings. The Morgan fingerprint density at radius 1 is 1.29 bits per heavy atom. The first-order chi connectivity index (χ1) is 7.79. The largest absolute Gasteiger partial charge is 0.274 e. The van der Waals surface area contributed by atoms with Gasteiger partial charge in [-0.25, -0.2) is 8.42 Å². The van der Waals surface area contributed by atoms with Gasteiger partial charge in [0, 0.05) is 17.7 Å². The second-order valence-electron chi connectivity index (χ2n) is 3.13. The van der Waals surface area contributed by atoms with E-state index in [9.17, 15) is 23.3 Å². The van der Waals surface area contributed by atoms with Gasteiger partial charge in [0.05, 0.1) is 11.2 Å². The highest BCUT2D eigenvalue weighted by molar-refractivity contribution is 7.88. The molecule has 0 spiro atoms. The van der Waals surface area contributed by atoms with E-state index in [2.05, 4.69) is 0 Å². The first-order valence-electron chi connectivity index (χ1n) is 4.31. The molecular weight excluding hydrogens is 250 g/mol. The molecule has 0 unspecified atom stereocenters. The normalized spacial score (nSPS) is 10.9. The van der Waals surface area contributed by atoms with Crippen LogP contribution in [0.15, 0.2) is 24.3 Å². The minimum Gasteiger partial charge on any atom is -0.274 e. The van der Waals surface area contributed by atoms with Crippen LogP contribution in [0.3, 0.4) is 0 Å². The number of nitro benzene ring substituents is 1. The maximum atomic E-state index is 11.4. The summed E-state index contributed by atoms with van der Waals surface area (Å²) in [7, 11) is -3.54. The van der Waals surface area contributed by atoms with Crippen molar-refractivity contribution in [2.45, 2.75) is 0 Å². The average molecular weight is 259 g/mol. The van der Waals surface area contributed by atoms with E-state index >= 15 is 0 Å². The van der Waals surface area contributed by atoms with Crippen LogP contribution >= 0.6 is 0 Å². The number of hydrazine groups is 1. The van der Waals surface area contributed by atoms with Crippen LogP contribution in [0.1, 0.15) is 10.4 Å². The highest BCUT2D eigenvalue weighted by Gasteiger charge is 2.10. The number of hydrogen-bond donors (Lipinski definition) is 2. The Kier molecular flexibility index (Phi) is 3.76. The minimum absolute atomic E-state index is 0.103. The molecule has 9 heteroatoms. The average Bonchev–Trinajstić information content (AvgIpc) is 2.25. The molecule has 1 rings (SSSR count). The number of rotatable bonds is 4. The predicted octanol–water partition coefficient (Wildman–Crippen LogP) is -0.211. The summed E-state index contributed by atoms with van der Waals surface area (Å²) in [5.41, 5.74) is 1.89. The van der Waals surface area contributed by atoms with Crippen molar-refractivity contribution >= 4 is 21.6 Å². The fourth-order valence-electron chi connectivity index (χ4n) is 0.946. The van der Waals surface area contributed by atoms with Crippen LogP contribution in [-0.4, -0.2) is 25.5 Å². The van der Waals surface area contributed by atoms with E-state index in [4.69, 9.17) is 0 Å². The molecule has 1 aromatic carbocycles. The van der Waals surface area contributed by atoms with Gasteiger partial charge in [0.25, 0.3) is 11.6 Å². The van der Waals surface area contributed by atoms with Crippen LogP contribution < -0.4 is 10.3 Å². The monoisotopic (exact) mass is 259 g/mol. The van der Waals surface area contributed by atoms with Crippen LogP contribution in [0.5, 0.6) is 0 Å². The van der Waals surface area contributed by atoms with Gasteiger partial charge >= 0.3 is 0 Å². The van der Waals surface area contributed by atoms with Gasteiger partial charge in [0.2, 0.25) is 10.0 Å². The highest BCUT2D eigenvalue weighted by Crippen LogP contribution is 2.11. The molecule has 0 saturated heterocycles. The molecule has 0 saturated carbocycles. The summed E-state index contributed by atoms with van der Waals surface area (Å²) in [5.74, 6) is -0.703. The van der Waals surface area contributed by atoms with Gasteiger partial charge in [-0.05, 0) is 12.1 Å². The topological polar surface area (TPSA) is 118 Å². The molecule has 8 nitrogen and oxygen atoms in total. The second-order valence-corrected chi connectivity index (χ2v) is 4.88. The SMILES string of the molecule is CS(=O)(=O)NNC(=O)c1ccc([N+](=O)[O-])cc1. The molecule has 0 aromatic heterocycles. The number of benzene rings is 1. The molecule has 17 heavy (non-hydrogen) atoms. The van der Waals surface area contributed by atoms with E-state index in [1.807, 2.05) is 5.43 Å². The van der Waals surface area contributed by atoms with E-state index in [1.54, 1.807) is 4.83 Å². The van der Waals surface area contributed by atoms with E-state index < -0.39 is 20.9 Å². The molecule has 0 atom stereocenters. The Labute approximate surface area is 96.8 Å². The van der Waals surface area contributed by atoms with Crippen molar-refractivity contribution in [1.82, 2.24) is 10.3 Å². The minimum atomic E-state index is -3.54. The van der Waals surface area contributed by atoms with Gasteiger partial charge in [-0.2, -0.15) is 0 Å². The summed E-state index contributed by atoms with van der Waals surface area (Å²) in [5, 5.41) is 10.4. The number of sulfonamides is 1. The van der Waals surface area contributed by atoms with Crippen molar-refractivity contribution in [2.75, 3.05) is 6.26 Å². The zero-order chi connectivity index (χ0) is 13.1. The zero-order valence-corrected chi connectivity index (χ0v) is 9.52. The van der Waals surface area contributed by atoms with Gasteiger partial charge in [0.1, 0.15) is 0 Å². The lowest BCUT2D eigenvalue weighted by molar-refractivity contribution is -0.384. The number of amides is 1. The van der Waals surface area contributed by atoms with E-state index in [1.165, 1.54) is 12.1 Å². The molecule has 0 aliphatic rings. The Balaban J connectivity index is 2.74. The van der Waals surface area contributed by atoms with Gasteiger partial charge in [-0.3, -0.25) is 20.3 Å². The molecule has 0 radical (unpaired) electrons. The lowest BCUT2D eigenvalue weighted by Crippen LogP contribution is -2.40. The van der Waals surface area contributed by atoms with E-state index in [-0.39, 0.29) is 11.3 Å². The van der Waals surface area contributed by atoms with Crippen LogP contribution in [0, 0.1) is 10.1 Å². The molecule has 92 valence electrons. The summed E-state index contributed by atoms with van der Waals surface area (Å²) < 4.78 is 21.4. The fourth-order valence-corrected chi connectivity index (χ4v) is 1.22. The van der Waals surface area contributed by atoms with Crippen LogP contribution in [0.4, 0.5) is 5.69 Å². The molecule has 1 amide bonds. The number of hydrogen-bond acceptors (Lipinski definition) is 5. The van der Waals surface area contributed by atoms with Crippen molar-refractivity contribution < 1.29 is 18.1 Å². The molecule has 0 fully saturated rings. The summed E-state index contributed by atoms with van der Waals surface area (Å²) in [6.07, 6.45) is 0.878. The zero-order valence-electron chi connectivity index (χ0n) is 8.71. The fraction of sp³-hybridized carbons (Fsp3) is 0.125. The van der Waals surface area contributed by atoms with Crippen molar-refractivity contribution in [1.29, 1.82) is 0 Å². The van der Waals surface area contributed by atoms with Gasteiger partial charge in [0.15, 0.2) is 0 Å². The van der Waals surface area contributed by atoms with Crippen molar-refractivity contribution in [2.24, 2.45) is 0 Å². The maximum Gasteiger partial charge on any atom is 0.269 e. The van der Waals surface area contributed by atoms with Gasteiger partial charge < -0.3 is 0 Å². The molecule has 2 N–H and O–H groups in total. The number of nitrogens with one attached hydrogen (secondary N) is 2. The number of nitro groups is 1. The summed E-state index contributed by atoms with van der Waals surface area (Å²) >= 11 is 0. The Bertz CT molecular complexity index is 537. The van der Waals surface area contributed by atoms with Crippen molar-refractivity contribution in [3.8, 4) is 0 Å². The Morgan fingerprint density at radius 2 is 1.82 bits per heavy atom. The molecule has 0 heterocycles. The van der Waals surface area contributed by atoms with Crippen molar-refractivity contribution in [3.05, 3.63) is 39.9 Å². The lowest BCUT2D eigenvalue weighted by atomic mass is 10.2. The smallest absolute Gasteiger partial charge is 0.269 e. The van der Waals surface area contributed by atoms with Gasteiger partial charge in [-0.15, -0.1) is 4.83 Å². The molecule has 0 bridgehead atoms. The quantitative estimate of drug-likeness (QED) is 0.572. The van der Waals surface area contributed by atoms with Crippen molar-refractivity contribution in [3.63, 3.8) is 0 Å². The van der Waals surface area contributed by atoms with Crippen LogP contribution in [0.25, 0.3) is 0 Å². The number of carbonyl (C=O) groups is 1. The number of carbonyl (C=O) groups excluding carboxylic acids is 1. The number of non-ortho nitro benzene ring substituents is 1. The van der Waals surface area contributed by atoms with Crippen LogP contribution in [0.2, 0.25) is 0 Å². The standard InChI is InChI=1S/C8H9N3O5S/c1-17(15,16)10-9-8(12)6-2-4-7(5-3-6)11(13)14/h2-5,10H,1H3,(H,9,12). The first-order valence-corrected chi connectivity index (χ1v) is 6.20. The molecule has 0 aliphatic carbocycles. The van der Waals surface area contributed by atoms with E-state index in [0.29, 0.717) is 0 Å². The molecular formula is C8H9N3O5S. The Morgan fingerprint density at radius 3 is 2.24 bits per heavy atom. The highest BCUT2D eigenvalue weighted by atomic mass is 32.2. The predicted molar refractivity (Wildman–Crippen MR) is 58.5 cm³/mol. The first kappa shape index (κ1) is 13.1. The molecule has 0 aliphatic heterocycles. The summed E-state index contributed by atoms with van der Waals surface area (Å²) in [6.45, 7) is 0. The Hall–Kier alpha value is -2.00. The third-order valence-electron chi connectivity index (χ3n) is 1.69. The van der Waals surface area contributed by atoms with Crippen LogP contribution in [-0.2, 0) is 10.0 Å². The summed E-state index contributed by atoms with van der Waals surface area (Å²) in [4.78, 5) is 22.9. The third-order valence-corrected chi connectivity index (χ3v) is 2.16.